The minimum Gasteiger partial charge on any atom is -0.497 e. The van der Waals surface area contributed by atoms with Crippen molar-refractivity contribution in [3.63, 3.8) is 0 Å². The number of ether oxygens (including phenoxy) is 1. The summed E-state index contributed by atoms with van der Waals surface area (Å²) in [6.45, 7) is 7.25. The molecule has 0 radical (unpaired) electrons. The van der Waals surface area contributed by atoms with Crippen LogP contribution in [0.1, 0.15) is 0 Å². The molecule has 0 aliphatic rings. The van der Waals surface area contributed by atoms with E-state index in [1.807, 2.05) is 0 Å². The van der Waals surface area contributed by atoms with Crippen LogP contribution in [0, 0.1) is 0 Å². The molecule has 0 saturated carbocycles. The van der Waals surface area contributed by atoms with E-state index in [2.05, 4.69) is 13.2 Å². The van der Waals surface area contributed by atoms with Gasteiger partial charge >= 0.3 is 0 Å². The van der Waals surface area contributed by atoms with Gasteiger partial charge in [-0.05, 0) is 11.6 Å². The number of methoxy groups -OCH3 is 1. The lowest BCUT2D eigenvalue weighted by atomic mass is 10.3. The highest BCUT2D eigenvalue weighted by atomic mass is 35.5. The molecule has 2 heteroatoms. The summed E-state index contributed by atoms with van der Waals surface area (Å²) in [5.41, 5.74) is 0.847. The molecule has 0 amide bonds. The Morgan fingerprint density at radius 1 is 1.50 bits per heavy atom. The lowest BCUT2D eigenvalue weighted by Crippen LogP contribution is -1.79. The van der Waals surface area contributed by atoms with Gasteiger partial charge in [0.05, 0.1) is 7.11 Å². The highest BCUT2D eigenvalue weighted by Crippen LogP contribution is 1.99. The zero-order valence-corrected chi connectivity index (χ0v) is 6.82. The van der Waals surface area contributed by atoms with Gasteiger partial charge in [-0.15, -0.1) is 11.6 Å². The SMILES string of the molecule is C=C(/C=C\C(=C)OC)CCl. The van der Waals surface area contributed by atoms with Crippen molar-refractivity contribution in [2.45, 2.75) is 0 Å². The first-order chi connectivity index (χ1) is 4.70. The van der Waals surface area contributed by atoms with E-state index in [0.717, 1.165) is 5.57 Å². The fraction of sp³-hybridized carbons (Fsp3) is 0.250. The minimum atomic E-state index is 0.438. The van der Waals surface area contributed by atoms with E-state index in [9.17, 15) is 0 Å². The largest absolute Gasteiger partial charge is 0.497 e. The Morgan fingerprint density at radius 3 is 2.50 bits per heavy atom. The number of alkyl halides is 1. The van der Waals surface area contributed by atoms with Crippen LogP contribution in [0.25, 0.3) is 0 Å². The number of rotatable bonds is 4. The minimum absolute atomic E-state index is 0.438. The van der Waals surface area contributed by atoms with Crippen molar-refractivity contribution in [3.8, 4) is 0 Å². The van der Waals surface area contributed by atoms with Crippen LogP contribution in [-0.2, 0) is 4.74 Å². The quantitative estimate of drug-likeness (QED) is 0.347. The van der Waals surface area contributed by atoms with Gasteiger partial charge in [0.1, 0.15) is 5.76 Å². The molecular formula is C8H11ClO. The van der Waals surface area contributed by atoms with E-state index in [4.69, 9.17) is 16.3 Å². The number of halogens is 1. The van der Waals surface area contributed by atoms with Crippen LogP contribution in [0.5, 0.6) is 0 Å². The monoisotopic (exact) mass is 158 g/mol. The first-order valence-corrected chi connectivity index (χ1v) is 3.39. The van der Waals surface area contributed by atoms with Crippen molar-refractivity contribution >= 4 is 11.6 Å². The summed E-state index contributed by atoms with van der Waals surface area (Å²) in [6.07, 6.45) is 3.50. The van der Waals surface area contributed by atoms with Gasteiger partial charge in [-0.3, -0.25) is 0 Å². The van der Waals surface area contributed by atoms with Crippen LogP contribution in [0.2, 0.25) is 0 Å². The van der Waals surface area contributed by atoms with Crippen molar-refractivity contribution < 1.29 is 4.74 Å². The van der Waals surface area contributed by atoms with Crippen LogP contribution >= 0.6 is 11.6 Å². The Labute approximate surface area is 66.6 Å². The summed E-state index contributed by atoms with van der Waals surface area (Å²) in [5, 5.41) is 0. The molecule has 10 heavy (non-hydrogen) atoms. The normalized spacial score (nSPS) is 9.80. The van der Waals surface area contributed by atoms with Crippen LogP contribution in [0.15, 0.2) is 36.6 Å². The van der Waals surface area contributed by atoms with E-state index in [-0.39, 0.29) is 0 Å². The molecule has 0 fully saturated rings. The zero-order valence-electron chi connectivity index (χ0n) is 6.06. The van der Waals surface area contributed by atoms with E-state index in [1.54, 1.807) is 19.3 Å². The molecular weight excluding hydrogens is 148 g/mol. The molecule has 0 atom stereocenters. The molecule has 1 nitrogen and oxygen atoms in total. The lowest BCUT2D eigenvalue weighted by molar-refractivity contribution is 0.309. The Bertz CT molecular complexity index is 141. The molecule has 0 bridgehead atoms. The molecule has 56 valence electrons. The molecule has 0 heterocycles. The average molecular weight is 159 g/mol. The van der Waals surface area contributed by atoms with Crippen molar-refractivity contribution in [1.29, 1.82) is 0 Å². The molecule has 0 unspecified atom stereocenters. The van der Waals surface area contributed by atoms with Gasteiger partial charge in [0, 0.05) is 5.88 Å². The number of allylic oxidation sites excluding steroid dienone is 3. The molecule has 0 aromatic carbocycles. The summed E-state index contributed by atoms with van der Waals surface area (Å²) in [6, 6.07) is 0. The fourth-order valence-corrected chi connectivity index (χ4v) is 0.412. The Balaban J connectivity index is 3.75. The number of hydrogen-bond donors (Lipinski definition) is 0. The summed E-state index contributed by atoms with van der Waals surface area (Å²) in [7, 11) is 1.57. The van der Waals surface area contributed by atoms with Gasteiger partial charge < -0.3 is 4.74 Å². The van der Waals surface area contributed by atoms with Crippen LogP contribution < -0.4 is 0 Å². The summed E-state index contributed by atoms with van der Waals surface area (Å²) < 4.78 is 4.78. The third-order valence-electron chi connectivity index (χ3n) is 0.939. The van der Waals surface area contributed by atoms with Crippen molar-refractivity contribution in [3.05, 3.63) is 36.6 Å². The zero-order chi connectivity index (χ0) is 7.98. The van der Waals surface area contributed by atoms with Gasteiger partial charge in [0.25, 0.3) is 0 Å². The van der Waals surface area contributed by atoms with E-state index in [0.29, 0.717) is 11.6 Å². The Morgan fingerprint density at radius 2 is 2.10 bits per heavy atom. The predicted octanol–water partition coefficient (Wildman–Crippen LogP) is 2.50. The Kier molecular flexibility index (Phi) is 4.77. The lowest BCUT2D eigenvalue weighted by Gasteiger charge is -1.95. The van der Waals surface area contributed by atoms with Gasteiger partial charge in [-0.2, -0.15) is 0 Å². The highest BCUT2D eigenvalue weighted by Gasteiger charge is 1.84. The molecule has 0 aromatic rings. The Hall–Kier alpha value is -0.690. The van der Waals surface area contributed by atoms with Gasteiger partial charge in [0.15, 0.2) is 0 Å². The summed E-state index contributed by atoms with van der Waals surface area (Å²) in [4.78, 5) is 0. The van der Waals surface area contributed by atoms with Crippen LogP contribution in [0.4, 0.5) is 0 Å². The maximum atomic E-state index is 5.46. The van der Waals surface area contributed by atoms with Gasteiger partial charge in [-0.25, -0.2) is 0 Å². The maximum absolute atomic E-state index is 5.46. The summed E-state index contributed by atoms with van der Waals surface area (Å²) in [5.74, 6) is 1.04. The third-order valence-corrected chi connectivity index (χ3v) is 1.28. The molecule has 0 N–H and O–H groups in total. The molecule has 0 aromatic heterocycles. The molecule has 0 aliphatic carbocycles. The molecule has 0 spiro atoms. The van der Waals surface area contributed by atoms with Crippen LogP contribution in [0.3, 0.4) is 0 Å². The average Bonchev–Trinajstić information content (AvgIpc) is 1.99. The third kappa shape index (κ3) is 4.21. The molecule has 0 rings (SSSR count). The van der Waals surface area contributed by atoms with Crippen molar-refractivity contribution in [2.24, 2.45) is 0 Å². The second-order valence-electron chi connectivity index (χ2n) is 1.80. The maximum Gasteiger partial charge on any atom is 0.111 e. The van der Waals surface area contributed by atoms with Crippen molar-refractivity contribution in [2.75, 3.05) is 13.0 Å². The second kappa shape index (κ2) is 5.12. The van der Waals surface area contributed by atoms with Gasteiger partial charge in [0.2, 0.25) is 0 Å². The summed E-state index contributed by atoms with van der Waals surface area (Å²) >= 11 is 5.46. The molecule has 0 saturated heterocycles. The molecule has 0 aliphatic heterocycles. The smallest absolute Gasteiger partial charge is 0.111 e. The van der Waals surface area contributed by atoms with Gasteiger partial charge in [-0.1, -0.05) is 19.2 Å². The van der Waals surface area contributed by atoms with E-state index >= 15 is 0 Å². The topological polar surface area (TPSA) is 9.23 Å². The predicted molar refractivity (Wildman–Crippen MR) is 45.1 cm³/mol. The van der Waals surface area contributed by atoms with Crippen LogP contribution in [-0.4, -0.2) is 13.0 Å². The first kappa shape index (κ1) is 9.31. The van der Waals surface area contributed by atoms with Crippen molar-refractivity contribution in [1.82, 2.24) is 0 Å². The first-order valence-electron chi connectivity index (χ1n) is 2.85. The van der Waals surface area contributed by atoms with E-state index < -0.39 is 0 Å². The standard InChI is InChI=1S/C8H11ClO/c1-7(6-9)4-5-8(2)10-3/h4-5H,1-2,6H2,3H3/b5-4-. The fourth-order valence-electron chi connectivity index (χ4n) is 0.323. The second-order valence-corrected chi connectivity index (χ2v) is 2.06. The number of hydrogen-bond acceptors (Lipinski definition) is 1. The highest BCUT2D eigenvalue weighted by molar-refractivity contribution is 6.19. The van der Waals surface area contributed by atoms with E-state index in [1.165, 1.54) is 0 Å².